The molecule has 0 aromatic heterocycles. The zero-order valence-corrected chi connectivity index (χ0v) is 18.6. The summed E-state index contributed by atoms with van der Waals surface area (Å²) in [6.45, 7) is 6.36. The van der Waals surface area contributed by atoms with Crippen molar-refractivity contribution in [1.82, 2.24) is 0 Å². The number of aryl methyl sites for hydroxylation is 3. The first kappa shape index (κ1) is 21.8. The van der Waals surface area contributed by atoms with Crippen LogP contribution in [0.25, 0.3) is 0 Å². The Balaban J connectivity index is 1.57. The van der Waals surface area contributed by atoms with Gasteiger partial charge in [-0.05, 0) is 61.7 Å². The number of benzene rings is 3. The molecule has 0 bridgehead atoms. The predicted molar refractivity (Wildman–Crippen MR) is 124 cm³/mol. The molecule has 1 unspecified atom stereocenters. The summed E-state index contributed by atoms with van der Waals surface area (Å²) < 4.78 is 5.75. The second-order valence-corrected chi connectivity index (χ2v) is 8.35. The van der Waals surface area contributed by atoms with Crippen LogP contribution < -0.4 is 9.64 Å². The van der Waals surface area contributed by atoms with Gasteiger partial charge in [-0.25, -0.2) is 0 Å². The lowest BCUT2D eigenvalue weighted by Gasteiger charge is -2.23. The first-order valence-electron chi connectivity index (χ1n) is 10.7. The van der Waals surface area contributed by atoms with Gasteiger partial charge in [0.15, 0.2) is 11.4 Å². The Bertz CT molecular complexity index is 1170. The SMILES string of the molecule is Cc1cc(C)c(C(=O)CC2(O)C(=O)N(CCOc3ccccc3)c3ccccc32)cc1C. The smallest absolute Gasteiger partial charge is 0.264 e. The van der Waals surface area contributed by atoms with Gasteiger partial charge in [-0.2, -0.15) is 0 Å². The van der Waals surface area contributed by atoms with Gasteiger partial charge >= 0.3 is 0 Å². The lowest BCUT2D eigenvalue weighted by Crippen LogP contribution is -2.43. The van der Waals surface area contributed by atoms with Gasteiger partial charge in [0.05, 0.1) is 18.7 Å². The van der Waals surface area contributed by atoms with Crippen LogP contribution in [-0.2, 0) is 10.4 Å². The lowest BCUT2D eigenvalue weighted by atomic mass is 9.86. The van der Waals surface area contributed by atoms with Crippen LogP contribution in [0, 0.1) is 20.8 Å². The number of hydrogen-bond donors (Lipinski definition) is 1. The molecule has 0 radical (unpaired) electrons. The van der Waals surface area contributed by atoms with Gasteiger partial charge in [0.25, 0.3) is 5.91 Å². The number of rotatable bonds is 7. The number of ether oxygens (including phenoxy) is 1. The minimum absolute atomic E-state index is 0.251. The van der Waals surface area contributed by atoms with Crippen molar-refractivity contribution >= 4 is 17.4 Å². The van der Waals surface area contributed by atoms with Gasteiger partial charge in [-0.3, -0.25) is 9.59 Å². The number of anilines is 1. The predicted octanol–water partition coefficient (Wildman–Crippen LogP) is 4.50. The number of fused-ring (bicyclic) bond motifs is 1. The minimum atomic E-state index is -1.90. The fourth-order valence-corrected chi connectivity index (χ4v) is 4.26. The molecule has 4 rings (SSSR count). The molecule has 0 aliphatic carbocycles. The Hall–Kier alpha value is -3.44. The fourth-order valence-electron chi connectivity index (χ4n) is 4.26. The second-order valence-electron chi connectivity index (χ2n) is 8.35. The van der Waals surface area contributed by atoms with E-state index in [2.05, 4.69) is 0 Å². The highest BCUT2D eigenvalue weighted by Gasteiger charge is 2.50. The average Bonchev–Trinajstić information content (AvgIpc) is 2.99. The summed E-state index contributed by atoms with van der Waals surface area (Å²) in [6.07, 6.45) is -0.303. The number of nitrogens with zero attached hydrogens (tertiary/aromatic N) is 1. The Morgan fingerprint density at radius 1 is 0.938 bits per heavy atom. The normalized spacial score (nSPS) is 17.4. The molecule has 3 aromatic carbocycles. The van der Waals surface area contributed by atoms with Gasteiger partial charge in [0.1, 0.15) is 12.4 Å². The monoisotopic (exact) mass is 429 g/mol. The van der Waals surface area contributed by atoms with Crippen LogP contribution in [0.2, 0.25) is 0 Å². The molecule has 0 saturated heterocycles. The molecule has 32 heavy (non-hydrogen) atoms. The van der Waals surface area contributed by atoms with Crippen molar-refractivity contribution in [3.8, 4) is 5.75 Å². The molecule has 1 N–H and O–H groups in total. The van der Waals surface area contributed by atoms with E-state index in [0.717, 1.165) is 16.7 Å². The maximum Gasteiger partial charge on any atom is 0.264 e. The minimum Gasteiger partial charge on any atom is -0.492 e. The van der Waals surface area contributed by atoms with E-state index in [0.29, 0.717) is 22.6 Å². The van der Waals surface area contributed by atoms with Gasteiger partial charge in [-0.1, -0.05) is 42.5 Å². The quantitative estimate of drug-likeness (QED) is 0.562. The van der Waals surface area contributed by atoms with E-state index in [1.807, 2.05) is 69.3 Å². The van der Waals surface area contributed by atoms with Gasteiger partial charge in [-0.15, -0.1) is 0 Å². The maximum atomic E-state index is 13.4. The number of amides is 1. The number of Topliss-reactive ketones (excluding diaryl/α,β-unsaturated/α-hetero) is 1. The van der Waals surface area contributed by atoms with Crippen molar-refractivity contribution in [2.45, 2.75) is 32.8 Å². The van der Waals surface area contributed by atoms with E-state index in [1.165, 1.54) is 4.90 Å². The number of ketones is 1. The van der Waals surface area contributed by atoms with E-state index in [1.54, 1.807) is 18.2 Å². The van der Waals surface area contributed by atoms with Gasteiger partial charge in [0, 0.05) is 11.1 Å². The zero-order chi connectivity index (χ0) is 22.9. The molecule has 5 heteroatoms. The summed E-state index contributed by atoms with van der Waals surface area (Å²) in [6, 6.07) is 20.3. The Morgan fingerprint density at radius 3 is 2.34 bits per heavy atom. The molecule has 1 atom stereocenters. The fraction of sp³-hybridized carbons (Fsp3) is 0.259. The van der Waals surface area contributed by atoms with Crippen LogP contribution in [0.5, 0.6) is 5.75 Å². The van der Waals surface area contributed by atoms with Crippen molar-refractivity contribution in [2.75, 3.05) is 18.1 Å². The highest BCUT2D eigenvalue weighted by atomic mass is 16.5. The Kier molecular flexibility index (Phi) is 5.85. The molecule has 0 saturated carbocycles. The summed E-state index contributed by atoms with van der Waals surface area (Å²) in [7, 11) is 0. The van der Waals surface area contributed by atoms with E-state index in [-0.39, 0.29) is 25.4 Å². The molecule has 1 heterocycles. The molecule has 3 aromatic rings. The molecule has 1 aliphatic rings. The third-order valence-electron chi connectivity index (χ3n) is 6.12. The zero-order valence-electron chi connectivity index (χ0n) is 18.6. The highest BCUT2D eigenvalue weighted by molar-refractivity contribution is 6.11. The van der Waals surface area contributed by atoms with E-state index >= 15 is 0 Å². The third kappa shape index (κ3) is 3.92. The summed E-state index contributed by atoms with van der Waals surface area (Å²) in [5.41, 5.74) is 2.66. The average molecular weight is 430 g/mol. The van der Waals surface area contributed by atoms with E-state index < -0.39 is 11.5 Å². The first-order chi connectivity index (χ1) is 15.3. The standard InChI is InChI=1S/C27H27NO4/c1-18-15-20(3)22(16-19(18)2)25(29)17-27(31)23-11-7-8-12-24(23)28(26(27)30)13-14-32-21-9-5-4-6-10-21/h4-12,15-16,31H,13-14,17H2,1-3H3. The van der Waals surface area contributed by atoms with Crippen LogP contribution in [0.1, 0.15) is 39.0 Å². The molecule has 5 nitrogen and oxygen atoms in total. The number of carbonyl (C=O) groups is 2. The second kappa shape index (κ2) is 8.60. The van der Waals surface area contributed by atoms with Crippen molar-refractivity contribution in [3.63, 3.8) is 0 Å². The molecule has 1 aliphatic heterocycles. The first-order valence-corrected chi connectivity index (χ1v) is 10.7. The summed E-state index contributed by atoms with van der Waals surface area (Å²) in [5.74, 6) is -0.0353. The van der Waals surface area contributed by atoms with Crippen LogP contribution in [0.15, 0.2) is 66.7 Å². The molecule has 1 amide bonds. The van der Waals surface area contributed by atoms with Gasteiger partial charge < -0.3 is 14.7 Å². The van der Waals surface area contributed by atoms with Crippen LogP contribution >= 0.6 is 0 Å². The van der Waals surface area contributed by atoms with Crippen LogP contribution in [0.4, 0.5) is 5.69 Å². The summed E-state index contributed by atoms with van der Waals surface area (Å²) >= 11 is 0. The topological polar surface area (TPSA) is 66.8 Å². The summed E-state index contributed by atoms with van der Waals surface area (Å²) in [4.78, 5) is 28.1. The number of hydrogen-bond acceptors (Lipinski definition) is 4. The molecule has 0 spiro atoms. The number of carbonyl (C=O) groups excluding carboxylic acids is 2. The van der Waals surface area contributed by atoms with Crippen LogP contribution in [-0.4, -0.2) is 29.9 Å². The van der Waals surface area contributed by atoms with Crippen molar-refractivity contribution in [2.24, 2.45) is 0 Å². The lowest BCUT2D eigenvalue weighted by molar-refractivity contribution is -0.135. The maximum absolute atomic E-state index is 13.4. The number of para-hydroxylation sites is 2. The largest absolute Gasteiger partial charge is 0.492 e. The molecule has 0 fully saturated rings. The Labute approximate surface area is 188 Å². The highest BCUT2D eigenvalue weighted by Crippen LogP contribution is 2.43. The van der Waals surface area contributed by atoms with Crippen LogP contribution in [0.3, 0.4) is 0 Å². The molecular formula is C27H27NO4. The van der Waals surface area contributed by atoms with E-state index in [4.69, 9.17) is 4.74 Å². The van der Waals surface area contributed by atoms with Crippen molar-refractivity contribution < 1.29 is 19.4 Å². The third-order valence-corrected chi connectivity index (χ3v) is 6.12. The summed E-state index contributed by atoms with van der Waals surface area (Å²) in [5, 5.41) is 11.5. The molecule has 164 valence electrons. The van der Waals surface area contributed by atoms with E-state index in [9.17, 15) is 14.7 Å². The van der Waals surface area contributed by atoms with Crippen molar-refractivity contribution in [1.29, 1.82) is 0 Å². The van der Waals surface area contributed by atoms with Gasteiger partial charge in [0.2, 0.25) is 0 Å². The number of aliphatic hydroxyl groups is 1. The van der Waals surface area contributed by atoms with Crippen molar-refractivity contribution in [3.05, 3.63) is 94.5 Å². The molecular weight excluding hydrogens is 402 g/mol. The Morgan fingerprint density at radius 2 is 1.59 bits per heavy atom.